The van der Waals surface area contributed by atoms with E-state index in [2.05, 4.69) is 19.2 Å². The van der Waals surface area contributed by atoms with Crippen LogP contribution in [0.25, 0.3) is 0 Å². The third-order valence-corrected chi connectivity index (χ3v) is 3.82. The Morgan fingerprint density at radius 3 is 2.80 bits per heavy atom. The number of carbonyl (C=O) groups excluding carboxylic acids is 1. The SMILES string of the molecule is CC(C)SCC(=O)NCC1CCCC1O. The molecule has 0 bridgehead atoms. The Labute approximate surface area is 96.0 Å². The molecule has 0 aromatic rings. The van der Waals surface area contributed by atoms with E-state index >= 15 is 0 Å². The first-order chi connectivity index (χ1) is 7.09. The van der Waals surface area contributed by atoms with E-state index in [0.717, 1.165) is 19.3 Å². The van der Waals surface area contributed by atoms with Crippen LogP contribution in [-0.4, -0.2) is 34.7 Å². The van der Waals surface area contributed by atoms with Crippen LogP contribution in [0.2, 0.25) is 0 Å². The number of aliphatic hydroxyl groups is 1. The molecule has 2 N–H and O–H groups in total. The van der Waals surface area contributed by atoms with Gasteiger partial charge < -0.3 is 10.4 Å². The minimum atomic E-state index is -0.206. The van der Waals surface area contributed by atoms with Gasteiger partial charge in [0, 0.05) is 12.5 Å². The van der Waals surface area contributed by atoms with Crippen LogP contribution in [-0.2, 0) is 4.79 Å². The van der Waals surface area contributed by atoms with Crippen LogP contribution < -0.4 is 5.32 Å². The average molecular weight is 231 g/mol. The lowest BCUT2D eigenvalue weighted by Crippen LogP contribution is -2.33. The molecule has 0 aliphatic heterocycles. The zero-order valence-corrected chi connectivity index (χ0v) is 10.3. The van der Waals surface area contributed by atoms with Gasteiger partial charge in [0.1, 0.15) is 0 Å². The topological polar surface area (TPSA) is 49.3 Å². The van der Waals surface area contributed by atoms with Gasteiger partial charge in [-0.1, -0.05) is 20.3 Å². The van der Waals surface area contributed by atoms with E-state index in [0.29, 0.717) is 17.5 Å². The van der Waals surface area contributed by atoms with Crippen LogP contribution >= 0.6 is 11.8 Å². The highest BCUT2D eigenvalue weighted by Gasteiger charge is 2.25. The lowest BCUT2D eigenvalue weighted by Gasteiger charge is -2.15. The van der Waals surface area contributed by atoms with Gasteiger partial charge in [0.05, 0.1) is 11.9 Å². The first-order valence-electron chi connectivity index (χ1n) is 5.66. The summed E-state index contributed by atoms with van der Waals surface area (Å²) >= 11 is 1.65. The molecule has 1 rings (SSSR count). The Kier molecular flexibility index (Phi) is 5.47. The predicted octanol–water partition coefficient (Wildman–Crippen LogP) is 1.41. The molecule has 2 unspecified atom stereocenters. The third kappa shape index (κ3) is 4.89. The molecule has 1 amide bonds. The maximum atomic E-state index is 11.4. The summed E-state index contributed by atoms with van der Waals surface area (Å²) in [6.07, 6.45) is 2.81. The van der Waals surface area contributed by atoms with E-state index in [1.165, 1.54) is 0 Å². The highest BCUT2D eigenvalue weighted by Crippen LogP contribution is 2.24. The molecule has 1 aliphatic carbocycles. The molecule has 15 heavy (non-hydrogen) atoms. The second-order valence-corrected chi connectivity index (χ2v) is 5.99. The van der Waals surface area contributed by atoms with Crippen molar-refractivity contribution in [1.29, 1.82) is 0 Å². The molecule has 0 radical (unpaired) electrons. The van der Waals surface area contributed by atoms with Crippen molar-refractivity contribution < 1.29 is 9.90 Å². The predicted molar refractivity (Wildman–Crippen MR) is 64.0 cm³/mol. The molecule has 0 spiro atoms. The van der Waals surface area contributed by atoms with Crippen LogP contribution in [0.3, 0.4) is 0 Å². The summed E-state index contributed by atoms with van der Waals surface area (Å²) in [7, 11) is 0. The van der Waals surface area contributed by atoms with Crippen LogP contribution in [0.4, 0.5) is 0 Å². The largest absolute Gasteiger partial charge is 0.393 e. The number of rotatable bonds is 5. The van der Waals surface area contributed by atoms with E-state index in [4.69, 9.17) is 0 Å². The number of amides is 1. The van der Waals surface area contributed by atoms with Crippen LogP contribution in [0, 0.1) is 5.92 Å². The highest BCUT2D eigenvalue weighted by molar-refractivity contribution is 8.00. The van der Waals surface area contributed by atoms with Crippen molar-refractivity contribution >= 4 is 17.7 Å². The molecule has 2 atom stereocenters. The van der Waals surface area contributed by atoms with Gasteiger partial charge in [0.25, 0.3) is 0 Å². The van der Waals surface area contributed by atoms with Crippen molar-refractivity contribution in [3.8, 4) is 0 Å². The summed E-state index contributed by atoms with van der Waals surface area (Å²) in [6.45, 7) is 4.80. The smallest absolute Gasteiger partial charge is 0.230 e. The van der Waals surface area contributed by atoms with Gasteiger partial charge in [0.15, 0.2) is 0 Å². The third-order valence-electron chi connectivity index (χ3n) is 2.73. The molecule has 3 nitrogen and oxygen atoms in total. The molecule has 0 heterocycles. The molecule has 0 saturated heterocycles. The summed E-state index contributed by atoms with van der Waals surface area (Å²) in [5.74, 6) is 0.895. The van der Waals surface area contributed by atoms with Crippen molar-refractivity contribution in [2.75, 3.05) is 12.3 Å². The van der Waals surface area contributed by atoms with Crippen molar-refractivity contribution in [1.82, 2.24) is 5.32 Å². The standard InChI is InChI=1S/C11H21NO2S/c1-8(2)15-7-11(14)12-6-9-4-3-5-10(9)13/h8-10,13H,3-7H2,1-2H3,(H,12,14). The van der Waals surface area contributed by atoms with E-state index in [-0.39, 0.29) is 17.9 Å². The van der Waals surface area contributed by atoms with Gasteiger partial charge in [-0.15, -0.1) is 11.8 Å². The first kappa shape index (κ1) is 12.8. The summed E-state index contributed by atoms with van der Waals surface area (Å²) in [4.78, 5) is 11.4. The van der Waals surface area contributed by atoms with Crippen molar-refractivity contribution in [2.45, 2.75) is 44.5 Å². The minimum Gasteiger partial charge on any atom is -0.393 e. The van der Waals surface area contributed by atoms with E-state index in [1.807, 2.05) is 0 Å². The lowest BCUT2D eigenvalue weighted by molar-refractivity contribution is -0.118. The zero-order valence-electron chi connectivity index (χ0n) is 9.53. The molecule has 1 saturated carbocycles. The fraction of sp³-hybridized carbons (Fsp3) is 0.909. The van der Waals surface area contributed by atoms with Crippen LogP contribution in [0.15, 0.2) is 0 Å². The minimum absolute atomic E-state index is 0.0906. The number of aliphatic hydroxyl groups excluding tert-OH is 1. The molecular weight excluding hydrogens is 210 g/mol. The van der Waals surface area contributed by atoms with Crippen LogP contribution in [0.1, 0.15) is 33.1 Å². The van der Waals surface area contributed by atoms with Crippen molar-refractivity contribution in [2.24, 2.45) is 5.92 Å². The lowest BCUT2D eigenvalue weighted by atomic mass is 10.1. The summed E-state index contributed by atoms with van der Waals surface area (Å²) < 4.78 is 0. The molecular formula is C11H21NO2S. The van der Waals surface area contributed by atoms with Gasteiger partial charge in [0.2, 0.25) is 5.91 Å². The maximum Gasteiger partial charge on any atom is 0.230 e. The monoisotopic (exact) mass is 231 g/mol. The first-order valence-corrected chi connectivity index (χ1v) is 6.71. The second-order valence-electron chi connectivity index (χ2n) is 4.42. The molecule has 0 aromatic carbocycles. The van der Waals surface area contributed by atoms with E-state index < -0.39 is 0 Å². The molecule has 1 aliphatic rings. The number of carbonyl (C=O) groups is 1. The Balaban J connectivity index is 2.11. The van der Waals surface area contributed by atoms with Crippen molar-refractivity contribution in [3.05, 3.63) is 0 Å². The summed E-state index contributed by atoms with van der Waals surface area (Å²) in [6, 6.07) is 0. The van der Waals surface area contributed by atoms with Gasteiger partial charge >= 0.3 is 0 Å². The van der Waals surface area contributed by atoms with Crippen molar-refractivity contribution in [3.63, 3.8) is 0 Å². The quantitative estimate of drug-likeness (QED) is 0.752. The van der Waals surface area contributed by atoms with Crippen LogP contribution in [0.5, 0.6) is 0 Å². The molecule has 1 fully saturated rings. The Bertz CT molecular complexity index is 209. The summed E-state index contributed by atoms with van der Waals surface area (Å²) in [5, 5.41) is 12.9. The normalized spacial score (nSPS) is 25.9. The summed E-state index contributed by atoms with van der Waals surface area (Å²) in [5.41, 5.74) is 0. The Morgan fingerprint density at radius 2 is 2.27 bits per heavy atom. The molecule has 88 valence electrons. The van der Waals surface area contributed by atoms with Gasteiger partial charge in [-0.2, -0.15) is 0 Å². The van der Waals surface area contributed by atoms with Gasteiger partial charge in [-0.25, -0.2) is 0 Å². The number of nitrogens with one attached hydrogen (secondary N) is 1. The number of thioether (sulfide) groups is 1. The van der Waals surface area contributed by atoms with Gasteiger partial charge in [-0.05, 0) is 18.1 Å². The number of hydrogen-bond acceptors (Lipinski definition) is 3. The fourth-order valence-electron chi connectivity index (χ4n) is 1.79. The highest BCUT2D eigenvalue weighted by atomic mass is 32.2. The fourth-order valence-corrected chi connectivity index (χ4v) is 2.38. The number of hydrogen-bond donors (Lipinski definition) is 2. The molecule has 0 aromatic heterocycles. The van der Waals surface area contributed by atoms with E-state index in [9.17, 15) is 9.90 Å². The zero-order chi connectivity index (χ0) is 11.3. The maximum absolute atomic E-state index is 11.4. The Hall–Kier alpha value is -0.220. The van der Waals surface area contributed by atoms with Gasteiger partial charge in [-0.3, -0.25) is 4.79 Å². The average Bonchev–Trinajstić information content (AvgIpc) is 2.58. The Morgan fingerprint density at radius 1 is 1.53 bits per heavy atom. The van der Waals surface area contributed by atoms with E-state index in [1.54, 1.807) is 11.8 Å². The molecule has 4 heteroatoms. The second kappa shape index (κ2) is 6.38.